The molecule has 6 heteroatoms. The molecular weight excluding hydrogens is 184 g/mol. The van der Waals surface area contributed by atoms with E-state index >= 15 is 0 Å². The van der Waals surface area contributed by atoms with E-state index in [9.17, 15) is 4.79 Å². The molecule has 0 aromatic carbocycles. The molecule has 14 heavy (non-hydrogen) atoms. The van der Waals surface area contributed by atoms with Crippen molar-refractivity contribution >= 4 is 5.91 Å². The zero-order valence-corrected chi connectivity index (χ0v) is 8.06. The highest BCUT2D eigenvalue weighted by molar-refractivity contribution is 5.74. The van der Waals surface area contributed by atoms with Crippen LogP contribution in [0.25, 0.3) is 0 Å². The van der Waals surface area contributed by atoms with Crippen molar-refractivity contribution in [2.75, 3.05) is 6.61 Å². The number of primary amides is 1. The molecule has 0 saturated carbocycles. The minimum absolute atomic E-state index is 0.125. The smallest absolute Gasteiger partial charge is 0.245 e. The van der Waals surface area contributed by atoms with Crippen molar-refractivity contribution in [3.63, 3.8) is 0 Å². The van der Waals surface area contributed by atoms with Crippen LogP contribution in [0.1, 0.15) is 12.6 Å². The minimum Gasteiger partial charge on any atom is -0.368 e. The molecule has 1 aromatic heterocycles. The van der Waals surface area contributed by atoms with E-state index in [1.165, 1.54) is 0 Å². The van der Waals surface area contributed by atoms with Gasteiger partial charge in [0.25, 0.3) is 0 Å². The number of hydroxylamine groups is 1. The molecular formula is C8H14N4O2. The molecule has 0 unspecified atom stereocenters. The minimum atomic E-state index is -0.499. The highest BCUT2D eigenvalue weighted by Crippen LogP contribution is 1.97. The summed E-state index contributed by atoms with van der Waals surface area (Å²) in [6, 6.07) is 1.88. The lowest BCUT2D eigenvalue weighted by atomic mass is 10.4. The predicted molar refractivity (Wildman–Crippen MR) is 49.9 cm³/mol. The topological polar surface area (TPSA) is 82.2 Å². The summed E-state index contributed by atoms with van der Waals surface area (Å²) in [5.41, 5.74) is 8.52. The van der Waals surface area contributed by atoms with Crippen LogP contribution in [0.2, 0.25) is 0 Å². The third-order valence-electron chi connectivity index (χ3n) is 1.67. The van der Waals surface area contributed by atoms with Crippen molar-refractivity contribution < 1.29 is 9.63 Å². The van der Waals surface area contributed by atoms with Crippen LogP contribution in [-0.4, -0.2) is 22.3 Å². The van der Waals surface area contributed by atoms with Gasteiger partial charge < -0.3 is 5.73 Å². The fraction of sp³-hybridized carbons (Fsp3) is 0.500. The summed E-state index contributed by atoms with van der Waals surface area (Å²) in [5.74, 6) is -0.499. The molecule has 1 rings (SSSR count). The lowest BCUT2D eigenvalue weighted by Gasteiger charge is -2.05. The first-order chi connectivity index (χ1) is 6.74. The van der Waals surface area contributed by atoms with Gasteiger partial charge in [0.05, 0.1) is 12.2 Å². The Kier molecular flexibility index (Phi) is 4.09. The molecule has 78 valence electrons. The Labute approximate surface area is 82.0 Å². The van der Waals surface area contributed by atoms with E-state index in [1.54, 1.807) is 6.20 Å². The summed E-state index contributed by atoms with van der Waals surface area (Å²) in [7, 11) is 0. The number of rotatable bonds is 6. The number of carbonyl (C=O) groups excluding carboxylic acids is 1. The molecule has 1 amide bonds. The van der Waals surface area contributed by atoms with Crippen molar-refractivity contribution in [3.05, 3.63) is 18.0 Å². The van der Waals surface area contributed by atoms with Crippen LogP contribution in [0.4, 0.5) is 0 Å². The lowest BCUT2D eigenvalue weighted by Crippen LogP contribution is -2.25. The standard InChI is InChI=1S/C8H14N4O2/c1-2-12-7(3-4-10-12)5-11-14-6-8(9)13/h3-4,11H,2,5-6H2,1H3,(H2,9,13). The molecule has 0 aliphatic heterocycles. The Morgan fingerprint density at radius 2 is 2.57 bits per heavy atom. The number of aromatic nitrogens is 2. The second kappa shape index (κ2) is 5.36. The van der Waals surface area contributed by atoms with Crippen molar-refractivity contribution in [1.29, 1.82) is 0 Å². The highest BCUT2D eigenvalue weighted by Gasteiger charge is 2.00. The highest BCUT2D eigenvalue weighted by atomic mass is 16.6. The van der Waals surface area contributed by atoms with Crippen molar-refractivity contribution in [2.24, 2.45) is 5.73 Å². The van der Waals surface area contributed by atoms with Gasteiger partial charge in [-0.1, -0.05) is 0 Å². The first-order valence-electron chi connectivity index (χ1n) is 4.37. The molecule has 0 bridgehead atoms. The number of amides is 1. The number of carbonyl (C=O) groups is 1. The van der Waals surface area contributed by atoms with Gasteiger partial charge >= 0.3 is 0 Å². The van der Waals surface area contributed by atoms with E-state index in [0.717, 1.165) is 12.2 Å². The van der Waals surface area contributed by atoms with E-state index in [0.29, 0.717) is 6.54 Å². The van der Waals surface area contributed by atoms with Crippen molar-refractivity contribution in [1.82, 2.24) is 15.3 Å². The van der Waals surface area contributed by atoms with Crippen LogP contribution in [-0.2, 0) is 22.7 Å². The Bertz CT molecular complexity index is 297. The largest absolute Gasteiger partial charge is 0.368 e. The molecule has 0 spiro atoms. The van der Waals surface area contributed by atoms with Crippen LogP contribution in [0.5, 0.6) is 0 Å². The van der Waals surface area contributed by atoms with Gasteiger partial charge in [-0.15, -0.1) is 0 Å². The SMILES string of the molecule is CCn1nccc1CNOCC(N)=O. The monoisotopic (exact) mass is 198 g/mol. The number of aryl methyl sites for hydroxylation is 1. The van der Waals surface area contributed by atoms with Crippen molar-refractivity contribution in [3.8, 4) is 0 Å². The van der Waals surface area contributed by atoms with Gasteiger partial charge in [0, 0.05) is 12.7 Å². The molecule has 0 fully saturated rings. The van der Waals surface area contributed by atoms with Crippen LogP contribution in [0.15, 0.2) is 12.3 Å². The van der Waals surface area contributed by atoms with E-state index in [4.69, 9.17) is 10.6 Å². The second-order valence-corrected chi connectivity index (χ2v) is 2.71. The van der Waals surface area contributed by atoms with Gasteiger partial charge in [0.15, 0.2) is 0 Å². The molecule has 1 aromatic rings. The van der Waals surface area contributed by atoms with Crippen LogP contribution in [0.3, 0.4) is 0 Å². The lowest BCUT2D eigenvalue weighted by molar-refractivity contribution is -0.125. The molecule has 1 heterocycles. The summed E-state index contributed by atoms with van der Waals surface area (Å²) in [5, 5.41) is 4.08. The predicted octanol–water partition coefficient (Wildman–Crippen LogP) is -0.590. The van der Waals surface area contributed by atoms with Crippen LogP contribution >= 0.6 is 0 Å². The van der Waals surface area contributed by atoms with Gasteiger partial charge in [-0.25, -0.2) is 0 Å². The van der Waals surface area contributed by atoms with E-state index in [1.807, 2.05) is 17.7 Å². The van der Waals surface area contributed by atoms with Crippen LogP contribution < -0.4 is 11.2 Å². The summed E-state index contributed by atoms with van der Waals surface area (Å²) in [6.07, 6.45) is 1.72. The maximum atomic E-state index is 10.3. The zero-order valence-electron chi connectivity index (χ0n) is 8.06. The Morgan fingerprint density at radius 3 is 3.21 bits per heavy atom. The maximum Gasteiger partial charge on any atom is 0.245 e. The second-order valence-electron chi connectivity index (χ2n) is 2.71. The molecule has 6 nitrogen and oxygen atoms in total. The summed E-state index contributed by atoms with van der Waals surface area (Å²) >= 11 is 0. The molecule has 0 aliphatic rings. The molecule has 0 radical (unpaired) electrons. The van der Waals surface area contributed by atoms with E-state index < -0.39 is 5.91 Å². The number of nitrogens with zero attached hydrogens (tertiary/aromatic N) is 2. The van der Waals surface area contributed by atoms with Crippen LogP contribution in [0, 0.1) is 0 Å². The Morgan fingerprint density at radius 1 is 1.79 bits per heavy atom. The molecule has 0 atom stereocenters. The summed E-state index contributed by atoms with van der Waals surface area (Å²) < 4.78 is 1.83. The normalized spacial score (nSPS) is 10.4. The summed E-state index contributed by atoms with van der Waals surface area (Å²) in [4.78, 5) is 15.1. The first kappa shape index (κ1) is 10.7. The van der Waals surface area contributed by atoms with Crippen molar-refractivity contribution in [2.45, 2.75) is 20.0 Å². The number of nitrogens with two attached hydrogens (primary N) is 1. The number of hydrogen-bond donors (Lipinski definition) is 2. The Balaban J connectivity index is 2.27. The summed E-state index contributed by atoms with van der Waals surface area (Å²) in [6.45, 7) is 3.18. The Hall–Kier alpha value is -1.40. The third-order valence-corrected chi connectivity index (χ3v) is 1.67. The molecule has 0 saturated heterocycles. The quantitative estimate of drug-likeness (QED) is 0.473. The van der Waals surface area contributed by atoms with Gasteiger partial charge in [0.2, 0.25) is 5.91 Å². The van der Waals surface area contributed by atoms with Gasteiger partial charge in [-0.2, -0.15) is 10.6 Å². The average molecular weight is 198 g/mol. The molecule has 3 N–H and O–H groups in total. The van der Waals surface area contributed by atoms with Gasteiger partial charge in [-0.3, -0.25) is 14.3 Å². The van der Waals surface area contributed by atoms with Gasteiger partial charge in [-0.05, 0) is 13.0 Å². The number of nitrogens with one attached hydrogen (secondary N) is 1. The van der Waals surface area contributed by atoms with E-state index in [2.05, 4.69) is 10.6 Å². The molecule has 0 aliphatic carbocycles. The fourth-order valence-corrected chi connectivity index (χ4v) is 1.04. The fourth-order valence-electron chi connectivity index (χ4n) is 1.04. The first-order valence-corrected chi connectivity index (χ1v) is 4.37. The maximum absolute atomic E-state index is 10.3. The van der Waals surface area contributed by atoms with Gasteiger partial charge in [0.1, 0.15) is 6.61 Å². The number of hydrogen-bond acceptors (Lipinski definition) is 4. The van der Waals surface area contributed by atoms with E-state index in [-0.39, 0.29) is 6.61 Å². The zero-order chi connectivity index (χ0) is 10.4. The third kappa shape index (κ3) is 3.15. The average Bonchev–Trinajstić information content (AvgIpc) is 2.59.